The SMILES string of the molecule is COc1ccc(NC(=O)c2ccnc(C(=O)NC3CC3)c2)cc1. The van der Waals surface area contributed by atoms with Crippen LogP contribution in [-0.2, 0) is 0 Å². The Morgan fingerprint density at radius 3 is 2.52 bits per heavy atom. The quantitative estimate of drug-likeness (QED) is 0.887. The number of rotatable bonds is 5. The van der Waals surface area contributed by atoms with E-state index in [4.69, 9.17) is 4.74 Å². The first kappa shape index (κ1) is 15.0. The number of nitrogens with zero attached hydrogens (tertiary/aromatic N) is 1. The van der Waals surface area contributed by atoms with Gasteiger partial charge < -0.3 is 15.4 Å². The average molecular weight is 311 g/mol. The van der Waals surface area contributed by atoms with Gasteiger partial charge in [-0.15, -0.1) is 0 Å². The van der Waals surface area contributed by atoms with Crippen LogP contribution in [0.1, 0.15) is 33.7 Å². The van der Waals surface area contributed by atoms with Gasteiger partial charge in [-0.2, -0.15) is 0 Å². The summed E-state index contributed by atoms with van der Waals surface area (Å²) >= 11 is 0. The lowest BCUT2D eigenvalue weighted by Gasteiger charge is -2.07. The fourth-order valence-corrected chi connectivity index (χ4v) is 2.06. The normalized spacial score (nSPS) is 13.3. The van der Waals surface area contributed by atoms with Crippen molar-refractivity contribution in [2.24, 2.45) is 0 Å². The van der Waals surface area contributed by atoms with Crippen LogP contribution < -0.4 is 15.4 Å². The predicted octanol–water partition coefficient (Wildman–Crippen LogP) is 2.23. The number of benzene rings is 1. The fourth-order valence-electron chi connectivity index (χ4n) is 2.06. The number of nitrogens with one attached hydrogen (secondary N) is 2. The molecule has 3 rings (SSSR count). The highest BCUT2D eigenvalue weighted by molar-refractivity contribution is 6.05. The molecule has 1 aliphatic rings. The van der Waals surface area contributed by atoms with Crippen LogP contribution in [0.2, 0.25) is 0 Å². The smallest absolute Gasteiger partial charge is 0.270 e. The Balaban J connectivity index is 1.69. The molecule has 0 radical (unpaired) electrons. The van der Waals surface area contributed by atoms with E-state index in [9.17, 15) is 9.59 Å². The Kier molecular flexibility index (Phi) is 4.23. The maximum absolute atomic E-state index is 12.3. The van der Waals surface area contributed by atoms with E-state index in [1.807, 2.05) is 0 Å². The molecule has 118 valence electrons. The van der Waals surface area contributed by atoms with Crippen LogP contribution in [0.3, 0.4) is 0 Å². The Labute approximate surface area is 133 Å². The monoisotopic (exact) mass is 311 g/mol. The molecule has 23 heavy (non-hydrogen) atoms. The lowest BCUT2D eigenvalue weighted by molar-refractivity contribution is 0.0946. The summed E-state index contributed by atoms with van der Waals surface area (Å²) in [6, 6.07) is 10.3. The van der Waals surface area contributed by atoms with Crippen molar-refractivity contribution in [1.29, 1.82) is 0 Å². The molecule has 2 N–H and O–H groups in total. The summed E-state index contributed by atoms with van der Waals surface area (Å²) in [4.78, 5) is 28.3. The molecular weight excluding hydrogens is 294 g/mol. The highest BCUT2D eigenvalue weighted by atomic mass is 16.5. The third-order valence-corrected chi connectivity index (χ3v) is 3.52. The second kappa shape index (κ2) is 6.48. The van der Waals surface area contributed by atoms with Crippen molar-refractivity contribution in [1.82, 2.24) is 10.3 Å². The number of methoxy groups -OCH3 is 1. The maximum atomic E-state index is 12.3. The number of hydrogen-bond donors (Lipinski definition) is 2. The molecule has 0 atom stereocenters. The molecule has 0 unspecified atom stereocenters. The Bertz CT molecular complexity index is 724. The van der Waals surface area contributed by atoms with Crippen LogP contribution >= 0.6 is 0 Å². The molecule has 6 nitrogen and oxygen atoms in total. The van der Waals surface area contributed by atoms with Crippen LogP contribution in [0.5, 0.6) is 5.75 Å². The second-order valence-corrected chi connectivity index (χ2v) is 5.36. The van der Waals surface area contributed by atoms with Crippen molar-refractivity contribution in [2.45, 2.75) is 18.9 Å². The van der Waals surface area contributed by atoms with Gasteiger partial charge in [0.1, 0.15) is 11.4 Å². The minimum atomic E-state index is -0.293. The van der Waals surface area contributed by atoms with E-state index in [1.165, 1.54) is 12.3 Å². The summed E-state index contributed by atoms with van der Waals surface area (Å²) in [7, 11) is 1.58. The van der Waals surface area contributed by atoms with Gasteiger partial charge in [0.25, 0.3) is 11.8 Å². The molecular formula is C17H17N3O3. The first-order valence-corrected chi connectivity index (χ1v) is 7.38. The highest BCUT2D eigenvalue weighted by Gasteiger charge is 2.24. The molecule has 6 heteroatoms. The standard InChI is InChI=1S/C17H17N3O3/c1-23-14-6-4-13(5-7-14)19-16(21)11-8-9-18-15(10-11)17(22)20-12-2-3-12/h4-10,12H,2-3H2,1H3,(H,19,21)(H,20,22). The van der Waals surface area contributed by atoms with E-state index in [0.29, 0.717) is 17.0 Å². The maximum Gasteiger partial charge on any atom is 0.270 e. The van der Waals surface area contributed by atoms with Crippen molar-refractivity contribution in [2.75, 3.05) is 12.4 Å². The van der Waals surface area contributed by atoms with Gasteiger partial charge in [0.05, 0.1) is 7.11 Å². The Hall–Kier alpha value is -2.89. The van der Waals surface area contributed by atoms with Gasteiger partial charge in [-0.25, -0.2) is 0 Å². The van der Waals surface area contributed by atoms with E-state index in [1.54, 1.807) is 37.4 Å². The number of carbonyl (C=O) groups excluding carboxylic acids is 2. The largest absolute Gasteiger partial charge is 0.497 e. The molecule has 2 aromatic rings. The van der Waals surface area contributed by atoms with Crippen LogP contribution in [0.15, 0.2) is 42.6 Å². The zero-order chi connectivity index (χ0) is 16.2. The van der Waals surface area contributed by atoms with Gasteiger partial charge in [-0.1, -0.05) is 0 Å². The van der Waals surface area contributed by atoms with E-state index in [2.05, 4.69) is 15.6 Å². The van der Waals surface area contributed by atoms with E-state index in [0.717, 1.165) is 12.8 Å². The summed E-state index contributed by atoms with van der Waals surface area (Å²) in [5.74, 6) is 0.176. The number of aromatic nitrogens is 1. The summed E-state index contributed by atoms with van der Waals surface area (Å²) in [5, 5.41) is 5.63. The molecule has 1 fully saturated rings. The van der Waals surface area contributed by atoms with E-state index < -0.39 is 0 Å². The number of hydrogen-bond acceptors (Lipinski definition) is 4. The minimum absolute atomic E-state index is 0.244. The number of ether oxygens (including phenoxy) is 1. The molecule has 1 heterocycles. The number of amides is 2. The predicted molar refractivity (Wildman–Crippen MR) is 85.7 cm³/mol. The van der Waals surface area contributed by atoms with Gasteiger partial charge in [0, 0.05) is 23.5 Å². The number of anilines is 1. The summed E-state index contributed by atoms with van der Waals surface area (Å²) in [5.41, 5.74) is 1.28. The molecule has 1 aromatic heterocycles. The Morgan fingerprint density at radius 1 is 1.13 bits per heavy atom. The zero-order valence-corrected chi connectivity index (χ0v) is 12.7. The van der Waals surface area contributed by atoms with Crippen molar-refractivity contribution >= 4 is 17.5 Å². The van der Waals surface area contributed by atoms with Crippen molar-refractivity contribution in [3.05, 3.63) is 53.9 Å². The second-order valence-electron chi connectivity index (χ2n) is 5.36. The summed E-state index contributed by atoms with van der Waals surface area (Å²) in [6.07, 6.45) is 3.47. The molecule has 2 amide bonds. The molecule has 1 aromatic carbocycles. The number of carbonyl (C=O) groups is 2. The summed E-state index contributed by atoms with van der Waals surface area (Å²) in [6.45, 7) is 0. The van der Waals surface area contributed by atoms with Gasteiger partial charge in [0.2, 0.25) is 0 Å². The summed E-state index contributed by atoms with van der Waals surface area (Å²) < 4.78 is 5.07. The molecule has 1 saturated carbocycles. The zero-order valence-electron chi connectivity index (χ0n) is 12.7. The van der Waals surface area contributed by atoms with Crippen molar-refractivity contribution in [3.8, 4) is 5.75 Å². The first-order chi connectivity index (χ1) is 11.2. The van der Waals surface area contributed by atoms with Crippen LogP contribution in [0.4, 0.5) is 5.69 Å². The third-order valence-electron chi connectivity index (χ3n) is 3.52. The first-order valence-electron chi connectivity index (χ1n) is 7.38. The van der Waals surface area contributed by atoms with Gasteiger partial charge in [-0.05, 0) is 49.2 Å². The van der Waals surface area contributed by atoms with Gasteiger partial charge >= 0.3 is 0 Å². The van der Waals surface area contributed by atoms with E-state index >= 15 is 0 Å². The molecule has 1 aliphatic carbocycles. The van der Waals surface area contributed by atoms with Gasteiger partial charge in [0.15, 0.2) is 0 Å². The van der Waals surface area contributed by atoms with Crippen LogP contribution in [0, 0.1) is 0 Å². The molecule has 0 saturated heterocycles. The average Bonchev–Trinajstić information content (AvgIpc) is 3.39. The molecule has 0 aliphatic heterocycles. The van der Waals surface area contributed by atoms with Crippen molar-refractivity contribution in [3.63, 3.8) is 0 Å². The van der Waals surface area contributed by atoms with Crippen LogP contribution in [0.25, 0.3) is 0 Å². The lowest BCUT2D eigenvalue weighted by atomic mass is 10.2. The van der Waals surface area contributed by atoms with Gasteiger partial charge in [-0.3, -0.25) is 14.6 Å². The highest BCUT2D eigenvalue weighted by Crippen LogP contribution is 2.19. The molecule has 0 bridgehead atoms. The Morgan fingerprint density at radius 2 is 1.87 bits per heavy atom. The third kappa shape index (κ3) is 3.85. The lowest BCUT2D eigenvalue weighted by Crippen LogP contribution is -2.26. The molecule has 0 spiro atoms. The van der Waals surface area contributed by atoms with Crippen molar-refractivity contribution < 1.29 is 14.3 Å². The number of pyridine rings is 1. The topological polar surface area (TPSA) is 80.3 Å². The fraction of sp³-hybridized carbons (Fsp3) is 0.235. The van der Waals surface area contributed by atoms with E-state index in [-0.39, 0.29) is 23.6 Å². The van der Waals surface area contributed by atoms with Crippen LogP contribution in [-0.4, -0.2) is 29.9 Å². The minimum Gasteiger partial charge on any atom is -0.497 e.